The van der Waals surface area contributed by atoms with E-state index >= 15 is 0 Å². The molecule has 0 aromatic heterocycles. The summed E-state index contributed by atoms with van der Waals surface area (Å²) in [6.07, 6.45) is 8.97. The predicted octanol–water partition coefficient (Wildman–Crippen LogP) is 4.89. The molecule has 0 heterocycles. The minimum atomic E-state index is 0.706. The molecule has 3 aliphatic rings. The maximum absolute atomic E-state index is 2.52. The summed E-state index contributed by atoms with van der Waals surface area (Å²) in [7, 11) is 0. The van der Waals surface area contributed by atoms with Gasteiger partial charge in [-0.05, 0) is 60.2 Å². The number of rotatable bonds is 4. The first kappa shape index (κ1) is 11.1. The van der Waals surface area contributed by atoms with Crippen LogP contribution in [-0.2, 0) is 0 Å². The van der Waals surface area contributed by atoms with E-state index in [1.807, 2.05) is 0 Å². The molecule has 0 N–H and O–H groups in total. The van der Waals surface area contributed by atoms with Gasteiger partial charge in [-0.25, -0.2) is 0 Å². The summed E-state index contributed by atoms with van der Waals surface area (Å²) < 4.78 is 0. The second-order valence-electron chi connectivity index (χ2n) is 7.58. The van der Waals surface area contributed by atoms with Crippen molar-refractivity contribution in [3.8, 4) is 0 Å². The van der Waals surface area contributed by atoms with Crippen molar-refractivity contribution in [3.63, 3.8) is 0 Å². The lowest BCUT2D eigenvalue weighted by molar-refractivity contribution is 0.256. The Bertz CT molecular complexity index is 282. The van der Waals surface area contributed by atoms with Gasteiger partial charge in [-0.15, -0.1) is 0 Å². The third-order valence-corrected chi connectivity index (χ3v) is 6.74. The smallest absolute Gasteiger partial charge is 0.0260 e. The molecule has 3 fully saturated rings. The van der Waals surface area contributed by atoms with Gasteiger partial charge in [-0.3, -0.25) is 0 Å². The Morgan fingerprint density at radius 3 is 2.25 bits per heavy atom. The van der Waals surface area contributed by atoms with Crippen molar-refractivity contribution in [1.29, 1.82) is 0 Å². The highest BCUT2D eigenvalue weighted by Gasteiger charge is 2.79. The summed E-state index contributed by atoms with van der Waals surface area (Å²) in [5.41, 5.74) is 1.51. The van der Waals surface area contributed by atoms with Crippen molar-refractivity contribution < 1.29 is 0 Å². The predicted molar refractivity (Wildman–Crippen MR) is 69.2 cm³/mol. The summed E-state index contributed by atoms with van der Waals surface area (Å²) in [5.74, 6) is 4.56. The van der Waals surface area contributed by atoms with E-state index in [0.29, 0.717) is 5.41 Å². The lowest BCUT2D eigenvalue weighted by Crippen LogP contribution is -2.15. The molecule has 3 aliphatic carbocycles. The average molecular weight is 220 g/mol. The van der Waals surface area contributed by atoms with Gasteiger partial charge in [0.05, 0.1) is 0 Å². The fourth-order valence-electron chi connectivity index (χ4n) is 5.00. The second kappa shape index (κ2) is 3.27. The van der Waals surface area contributed by atoms with Gasteiger partial charge in [0.1, 0.15) is 0 Å². The molecular weight excluding hydrogens is 192 g/mol. The molecule has 0 aromatic rings. The fourth-order valence-corrected chi connectivity index (χ4v) is 5.00. The molecule has 0 heteroatoms. The van der Waals surface area contributed by atoms with Crippen LogP contribution in [0, 0.1) is 34.5 Å². The first-order chi connectivity index (χ1) is 7.54. The highest BCUT2D eigenvalue weighted by Crippen LogP contribution is 2.84. The molecule has 0 amide bonds. The van der Waals surface area contributed by atoms with Gasteiger partial charge in [-0.2, -0.15) is 0 Å². The Labute approximate surface area is 101 Å². The van der Waals surface area contributed by atoms with Crippen LogP contribution < -0.4 is 0 Å². The fraction of sp³-hybridized carbons (Fsp3) is 1.00. The van der Waals surface area contributed by atoms with Gasteiger partial charge < -0.3 is 0 Å². The molecule has 3 rings (SSSR count). The molecule has 0 saturated heterocycles. The zero-order valence-corrected chi connectivity index (χ0v) is 11.6. The van der Waals surface area contributed by atoms with Crippen molar-refractivity contribution in [3.05, 3.63) is 0 Å². The van der Waals surface area contributed by atoms with Gasteiger partial charge in [0.15, 0.2) is 0 Å². The molecular formula is C16H28. The highest BCUT2D eigenvalue weighted by atomic mass is 14.8. The molecule has 4 unspecified atom stereocenters. The van der Waals surface area contributed by atoms with Gasteiger partial charge >= 0.3 is 0 Å². The quantitative estimate of drug-likeness (QED) is 0.633. The Morgan fingerprint density at radius 2 is 1.75 bits per heavy atom. The summed E-state index contributed by atoms with van der Waals surface area (Å²) in [6.45, 7) is 9.79. The topological polar surface area (TPSA) is 0 Å². The molecule has 3 saturated carbocycles. The monoisotopic (exact) mass is 220 g/mol. The van der Waals surface area contributed by atoms with Gasteiger partial charge in [0.2, 0.25) is 0 Å². The van der Waals surface area contributed by atoms with Crippen LogP contribution in [0.5, 0.6) is 0 Å². The van der Waals surface area contributed by atoms with E-state index in [4.69, 9.17) is 0 Å². The summed E-state index contributed by atoms with van der Waals surface area (Å²) in [4.78, 5) is 0. The van der Waals surface area contributed by atoms with E-state index in [-0.39, 0.29) is 0 Å². The van der Waals surface area contributed by atoms with Crippen LogP contribution >= 0.6 is 0 Å². The van der Waals surface area contributed by atoms with E-state index in [1.54, 1.807) is 6.42 Å². The molecule has 0 spiro atoms. The van der Waals surface area contributed by atoms with Crippen molar-refractivity contribution in [1.82, 2.24) is 0 Å². The number of fused-ring (bicyclic) bond motifs is 1. The Kier molecular flexibility index (Phi) is 2.27. The molecule has 4 atom stereocenters. The Hall–Kier alpha value is 0. The molecule has 0 nitrogen and oxygen atoms in total. The van der Waals surface area contributed by atoms with E-state index in [2.05, 4.69) is 27.7 Å². The van der Waals surface area contributed by atoms with E-state index in [0.717, 1.165) is 29.1 Å². The van der Waals surface area contributed by atoms with Crippen LogP contribution in [0.4, 0.5) is 0 Å². The largest absolute Gasteiger partial charge is 0.0649 e. The summed E-state index contributed by atoms with van der Waals surface area (Å²) in [5, 5.41) is 0. The average Bonchev–Trinajstić information content (AvgIpc) is 3.11. The van der Waals surface area contributed by atoms with Crippen LogP contribution in [0.15, 0.2) is 0 Å². The molecule has 0 aromatic carbocycles. The van der Waals surface area contributed by atoms with Gasteiger partial charge in [0.25, 0.3) is 0 Å². The normalized spacial score (nSPS) is 58.5. The first-order valence-electron chi connectivity index (χ1n) is 7.54. The molecule has 92 valence electrons. The molecule has 0 bridgehead atoms. The Morgan fingerprint density at radius 1 is 1.06 bits per heavy atom. The van der Waals surface area contributed by atoms with Gasteiger partial charge in [0, 0.05) is 0 Å². The maximum atomic E-state index is 2.52. The second-order valence-corrected chi connectivity index (χ2v) is 7.58. The summed E-state index contributed by atoms with van der Waals surface area (Å²) in [6, 6.07) is 0. The minimum Gasteiger partial charge on any atom is -0.0649 e. The number of hydrogen-bond acceptors (Lipinski definition) is 0. The van der Waals surface area contributed by atoms with Crippen LogP contribution in [0.3, 0.4) is 0 Å². The van der Waals surface area contributed by atoms with Gasteiger partial charge in [-0.1, -0.05) is 40.5 Å². The summed E-state index contributed by atoms with van der Waals surface area (Å²) >= 11 is 0. The van der Waals surface area contributed by atoms with Crippen molar-refractivity contribution in [2.75, 3.05) is 0 Å². The lowest BCUT2D eigenvalue weighted by Gasteiger charge is -2.24. The minimum absolute atomic E-state index is 0.706. The zero-order valence-electron chi connectivity index (χ0n) is 11.6. The highest BCUT2D eigenvalue weighted by molar-refractivity contribution is 5.26. The third kappa shape index (κ3) is 1.41. The van der Waals surface area contributed by atoms with Crippen LogP contribution in [0.1, 0.15) is 66.2 Å². The van der Waals surface area contributed by atoms with Crippen molar-refractivity contribution in [2.24, 2.45) is 34.5 Å². The van der Waals surface area contributed by atoms with E-state index in [9.17, 15) is 0 Å². The zero-order chi connectivity index (χ0) is 11.6. The Balaban J connectivity index is 1.47. The molecule has 16 heavy (non-hydrogen) atoms. The lowest BCUT2D eigenvalue weighted by atomic mass is 9.81. The van der Waals surface area contributed by atoms with Crippen LogP contribution in [0.2, 0.25) is 0 Å². The van der Waals surface area contributed by atoms with Crippen molar-refractivity contribution in [2.45, 2.75) is 66.2 Å². The molecule has 0 aliphatic heterocycles. The maximum Gasteiger partial charge on any atom is -0.0260 e. The SMILES string of the molecule is CCC1(C)CCC(CC2C3C2C3(C)CC)C1. The number of hydrogen-bond donors (Lipinski definition) is 0. The van der Waals surface area contributed by atoms with E-state index in [1.165, 1.54) is 32.1 Å². The van der Waals surface area contributed by atoms with E-state index < -0.39 is 0 Å². The van der Waals surface area contributed by atoms with Crippen LogP contribution in [-0.4, -0.2) is 0 Å². The molecule has 0 radical (unpaired) electrons. The first-order valence-corrected chi connectivity index (χ1v) is 7.54. The third-order valence-electron chi connectivity index (χ3n) is 6.74. The van der Waals surface area contributed by atoms with Crippen molar-refractivity contribution >= 4 is 0 Å². The van der Waals surface area contributed by atoms with Crippen LogP contribution in [0.25, 0.3) is 0 Å². The standard InChI is InChI=1S/C16H28/c1-5-15(3)8-7-11(10-15)9-12-13-14(12)16(13,4)6-2/h11-14H,5-10H2,1-4H3.